The molecule has 2 aromatic rings. The Morgan fingerprint density at radius 2 is 1.65 bits per heavy atom. The Balaban J connectivity index is 2.30. The van der Waals surface area contributed by atoms with Gasteiger partial charge < -0.3 is 5.32 Å². The highest BCUT2D eigenvalue weighted by molar-refractivity contribution is 7.23. The lowest BCUT2D eigenvalue weighted by molar-refractivity contribution is 0.102. The number of carbonyl (C=O) groups excluding carboxylic acids is 1. The summed E-state index contributed by atoms with van der Waals surface area (Å²) >= 11 is 3.22. The molecule has 0 saturated carbocycles. The molecule has 17 heavy (non-hydrogen) atoms. The van der Waals surface area contributed by atoms with Gasteiger partial charge in [-0.3, -0.25) is 4.79 Å². The molecule has 2 nitrogen and oxygen atoms in total. The summed E-state index contributed by atoms with van der Waals surface area (Å²) in [6.45, 7) is 5.53. The van der Waals surface area contributed by atoms with Crippen LogP contribution in [-0.2, 0) is 0 Å². The second-order valence-electron chi connectivity index (χ2n) is 3.61. The molecule has 0 bridgehead atoms. The van der Waals surface area contributed by atoms with Gasteiger partial charge in [-0.1, -0.05) is 6.58 Å². The predicted octanol–water partition coefficient (Wildman–Crippen LogP) is 3.87. The summed E-state index contributed by atoms with van der Waals surface area (Å²) in [6.07, 6.45) is 0. The van der Waals surface area contributed by atoms with Gasteiger partial charge in [0.05, 0.1) is 9.75 Å². The first-order valence-electron chi connectivity index (χ1n) is 5.20. The van der Waals surface area contributed by atoms with Crippen LogP contribution in [0.3, 0.4) is 0 Å². The Morgan fingerprint density at radius 1 is 1.12 bits per heavy atom. The Morgan fingerprint density at radius 3 is 2.12 bits per heavy atom. The van der Waals surface area contributed by atoms with Gasteiger partial charge in [-0.15, -0.1) is 22.7 Å². The Bertz CT molecular complexity index is 565. The van der Waals surface area contributed by atoms with Crippen LogP contribution < -0.4 is 5.32 Å². The van der Waals surface area contributed by atoms with Gasteiger partial charge >= 0.3 is 0 Å². The zero-order chi connectivity index (χ0) is 12.4. The van der Waals surface area contributed by atoms with E-state index >= 15 is 0 Å². The van der Waals surface area contributed by atoms with Gasteiger partial charge in [-0.2, -0.15) is 0 Å². The molecule has 0 unspecified atom stereocenters. The number of nitrogens with one attached hydrogen (secondary N) is 1. The second kappa shape index (κ2) is 4.85. The molecule has 0 radical (unpaired) electrons. The average Bonchev–Trinajstić information content (AvgIpc) is 2.95. The molecule has 0 aromatic carbocycles. The lowest BCUT2D eigenvalue weighted by Gasteiger charge is -1.98. The van der Waals surface area contributed by atoms with Gasteiger partial charge in [-0.25, -0.2) is 0 Å². The first-order valence-corrected chi connectivity index (χ1v) is 6.83. The van der Waals surface area contributed by atoms with Crippen LogP contribution in [0.1, 0.15) is 21.5 Å². The van der Waals surface area contributed by atoms with Crippen molar-refractivity contribution in [3.63, 3.8) is 0 Å². The summed E-state index contributed by atoms with van der Waals surface area (Å²) in [4.78, 5) is 15.5. The molecular weight excluding hydrogens is 250 g/mol. The highest BCUT2D eigenvalue weighted by atomic mass is 32.1. The molecule has 0 spiro atoms. The van der Waals surface area contributed by atoms with Crippen LogP contribution in [0.25, 0.3) is 15.5 Å². The van der Waals surface area contributed by atoms with Crippen LogP contribution >= 0.6 is 22.7 Å². The monoisotopic (exact) mass is 263 g/mol. The fourth-order valence-electron chi connectivity index (χ4n) is 1.42. The zero-order valence-corrected chi connectivity index (χ0v) is 11.4. The van der Waals surface area contributed by atoms with Crippen LogP contribution in [-0.4, -0.2) is 12.8 Å². The van der Waals surface area contributed by atoms with Crippen molar-refractivity contribution < 1.29 is 4.79 Å². The first kappa shape index (κ1) is 12.1. The van der Waals surface area contributed by atoms with E-state index in [0.717, 1.165) is 20.3 Å². The van der Waals surface area contributed by atoms with Crippen molar-refractivity contribution in [3.05, 3.63) is 40.6 Å². The van der Waals surface area contributed by atoms with Crippen molar-refractivity contribution in [2.45, 2.75) is 6.92 Å². The minimum atomic E-state index is 0.123. The molecule has 0 fully saturated rings. The summed E-state index contributed by atoms with van der Waals surface area (Å²) in [6, 6.07) is 8.00. The van der Waals surface area contributed by atoms with Gasteiger partial charge in [0.15, 0.2) is 5.78 Å². The van der Waals surface area contributed by atoms with Crippen LogP contribution in [0.4, 0.5) is 0 Å². The molecule has 2 heterocycles. The lowest BCUT2D eigenvalue weighted by atomic mass is 10.3. The summed E-state index contributed by atoms with van der Waals surface area (Å²) < 4.78 is 0. The van der Waals surface area contributed by atoms with Crippen molar-refractivity contribution in [2.75, 3.05) is 7.05 Å². The standard InChI is InChI=1S/C13H13NOS2/c1-8(14-3)10-4-6-12(16-10)13-7-5-11(17-13)9(2)15/h4-7,14H,1H2,2-3H3. The smallest absolute Gasteiger partial charge is 0.169 e. The molecule has 4 heteroatoms. The molecule has 2 rings (SSSR count). The van der Waals surface area contributed by atoms with Crippen LogP contribution in [0, 0.1) is 0 Å². The maximum absolute atomic E-state index is 11.2. The van der Waals surface area contributed by atoms with Crippen LogP contribution in [0.5, 0.6) is 0 Å². The molecule has 0 amide bonds. The molecule has 2 aromatic heterocycles. The van der Waals surface area contributed by atoms with E-state index in [0.29, 0.717) is 0 Å². The fourth-order valence-corrected chi connectivity index (χ4v) is 3.39. The topological polar surface area (TPSA) is 29.1 Å². The number of carbonyl (C=O) groups is 1. The molecule has 0 aliphatic heterocycles. The largest absolute Gasteiger partial charge is 0.387 e. The van der Waals surface area contributed by atoms with Crippen molar-refractivity contribution in [3.8, 4) is 9.75 Å². The van der Waals surface area contributed by atoms with E-state index in [1.54, 1.807) is 18.3 Å². The van der Waals surface area contributed by atoms with Gasteiger partial charge in [0, 0.05) is 22.5 Å². The highest BCUT2D eigenvalue weighted by Crippen LogP contribution is 2.35. The van der Waals surface area contributed by atoms with Crippen molar-refractivity contribution in [1.29, 1.82) is 0 Å². The molecule has 0 atom stereocenters. The number of rotatable bonds is 4. The van der Waals surface area contributed by atoms with Crippen molar-refractivity contribution in [1.82, 2.24) is 5.32 Å². The summed E-state index contributed by atoms with van der Waals surface area (Å²) in [7, 11) is 1.86. The number of Topliss-reactive ketones (excluding diaryl/α,β-unsaturated/α-hetero) is 1. The second-order valence-corrected chi connectivity index (χ2v) is 5.78. The normalized spacial score (nSPS) is 10.2. The summed E-state index contributed by atoms with van der Waals surface area (Å²) in [5, 5.41) is 3.03. The average molecular weight is 263 g/mol. The number of ketones is 1. The third-order valence-electron chi connectivity index (χ3n) is 2.40. The number of hydrogen-bond donors (Lipinski definition) is 1. The Labute approximate surface area is 109 Å². The SMILES string of the molecule is C=C(NC)c1ccc(-c2ccc(C(C)=O)s2)s1. The Kier molecular flexibility index (Phi) is 3.45. The van der Waals surface area contributed by atoms with Crippen LogP contribution in [0.2, 0.25) is 0 Å². The number of thiophene rings is 2. The van der Waals surface area contributed by atoms with Gasteiger partial charge in [0.25, 0.3) is 0 Å². The van der Waals surface area contributed by atoms with Gasteiger partial charge in [-0.05, 0) is 31.2 Å². The highest BCUT2D eigenvalue weighted by Gasteiger charge is 2.09. The molecule has 0 aliphatic carbocycles. The van der Waals surface area contributed by atoms with E-state index in [1.807, 2.05) is 25.2 Å². The summed E-state index contributed by atoms with van der Waals surface area (Å²) in [5.41, 5.74) is 0.921. The van der Waals surface area contributed by atoms with E-state index in [2.05, 4.69) is 18.0 Å². The van der Waals surface area contributed by atoms with Crippen molar-refractivity contribution >= 4 is 34.2 Å². The zero-order valence-electron chi connectivity index (χ0n) is 9.74. The van der Waals surface area contributed by atoms with Crippen molar-refractivity contribution in [2.24, 2.45) is 0 Å². The minimum Gasteiger partial charge on any atom is -0.387 e. The molecular formula is C13H13NOS2. The molecule has 0 saturated heterocycles. The Hall–Kier alpha value is -1.39. The van der Waals surface area contributed by atoms with E-state index in [9.17, 15) is 4.79 Å². The molecule has 0 aliphatic rings. The summed E-state index contributed by atoms with van der Waals surface area (Å²) in [5.74, 6) is 0.123. The fraction of sp³-hybridized carbons (Fsp3) is 0.154. The molecule has 1 N–H and O–H groups in total. The molecule has 88 valence electrons. The first-order chi connectivity index (χ1) is 8.11. The van der Waals surface area contributed by atoms with Gasteiger partial charge in [0.1, 0.15) is 0 Å². The van der Waals surface area contributed by atoms with E-state index < -0.39 is 0 Å². The third kappa shape index (κ3) is 2.48. The maximum atomic E-state index is 11.2. The minimum absolute atomic E-state index is 0.123. The lowest BCUT2D eigenvalue weighted by Crippen LogP contribution is -2.00. The van der Waals surface area contributed by atoms with Gasteiger partial charge in [0.2, 0.25) is 0 Å². The quantitative estimate of drug-likeness (QED) is 0.848. The third-order valence-corrected chi connectivity index (χ3v) is 4.93. The van der Waals surface area contributed by atoms with Crippen LogP contribution in [0.15, 0.2) is 30.8 Å². The maximum Gasteiger partial charge on any atom is 0.169 e. The predicted molar refractivity (Wildman–Crippen MR) is 75.7 cm³/mol. The number of hydrogen-bond acceptors (Lipinski definition) is 4. The van der Waals surface area contributed by atoms with E-state index in [-0.39, 0.29) is 5.78 Å². The van der Waals surface area contributed by atoms with E-state index in [1.165, 1.54) is 16.2 Å². The van der Waals surface area contributed by atoms with E-state index in [4.69, 9.17) is 0 Å².